The lowest BCUT2D eigenvalue weighted by atomic mass is 9.88. The van der Waals surface area contributed by atoms with Crippen LogP contribution in [0.15, 0.2) is 115 Å². The van der Waals surface area contributed by atoms with E-state index in [1.807, 2.05) is 102 Å². The van der Waals surface area contributed by atoms with Gasteiger partial charge in [-0.2, -0.15) is 0 Å². The van der Waals surface area contributed by atoms with Crippen LogP contribution in [0.25, 0.3) is 6.08 Å². The van der Waals surface area contributed by atoms with Gasteiger partial charge in [-0.1, -0.05) is 103 Å². The van der Waals surface area contributed by atoms with Gasteiger partial charge < -0.3 is 14.4 Å². The van der Waals surface area contributed by atoms with E-state index in [-0.39, 0.29) is 5.91 Å². The molecular weight excluding hydrogens is 528 g/mol. The maximum Gasteiger partial charge on any atom is 0.330 e. The summed E-state index contributed by atoms with van der Waals surface area (Å²) in [7, 11) is 1.50. The summed E-state index contributed by atoms with van der Waals surface area (Å²) in [4.78, 5) is 45.9. The summed E-state index contributed by atoms with van der Waals surface area (Å²) in [5, 5.41) is 0. The molecule has 4 aromatic carbocycles. The summed E-state index contributed by atoms with van der Waals surface area (Å²) in [5.74, 6) is -2.65. The second-order valence-electron chi connectivity index (χ2n) is 10.6. The van der Waals surface area contributed by atoms with E-state index in [0.29, 0.717) is 11.4 Å². The minimum absolute atomic E-state index is 0.355. The normalized spacial score (nSPS) is 22.1. The van der Waals surface area contributed by atoms with Crippen molar-refractivity contribution in [3.05, 3.63) is 132 Å². The van der Waals surface area contributed by atoms with Crippen LogP contribution in [0.1, 0.15) is 22.8 Å². The number of esters is 1. The number of ether oxygens (including phenoxy) is 2. The van der Waals surface area contributed by atoms with Gasteiger partial charge >= 0.3 is 5.97 Å². The molecule has 0 spiro atoms. The van der Waals surface area contributed by atoms with Gasteiger partial charge in [0.2, 0.25) is 11.8 Å². The molecule has 0 unspecified atom stereocenters. The monoisotopic (exact) mass is 556 g/mol. The molecule has 7 rings (SSSR count). The van der Waals surface area contributed by atoms with Gasteiger partial charge in [0.25, 0.3) is 0 Å². The van der Waals surface area contributed by atoms with Gasteiger partial charge in [-0.05, 0) is 34.9 Å². The molecular formula is C35H28N2O5. The molecule has 0 aliphatic carbocycles. The Morgan fingerprint density at radius 1 is 0.714 bits per heavy atom. The van der Waals surface area contributed by atoms with E-state index >= 15 is 0 Å². The number of carbonyl (C=O) groups is 3. The molecule has 3 aliphatic rings. The molecule has 4 aromatic rings. The van der Waals surface area contributed by atoms with Crippen molar-refractivity contribution >= 4 is 35.2 Å². The van der Waals surface area contributed by atoms with Crippen molar-refractivity contribution in [2.24, 2.45) is 11.8 Å². The number of carbonyl (C=O) groups excluding carboxylic acids is 3. The lowest BCUT2D eigenvalue weighted by molar-refractivity contribution is -0.151. The number of fused-ring (bicyclic) bond motifs is 5. The van der Waals surface area contributed by atoms with E-state index in [1.165, 1.54) is 12.0 Å². The Kier molecular flexibility index (Phi) is 6.35. The van der Waals surface area contributed by atoms with Crippen molar-refractivity contribution < 1.29 is 23.9 Å². The molecule has 0 saturated carbocycles. The number of imide groups is 1. The number of para-hydroxylation sites is 3. The highest BCUT2D eigenvalue weighted by molar-refractivity contribution is 6.25. The molecule has 2 amide bonds. The first-order chi connectivity index (χ1) is 20.6. The molecule has 0 bridgehead atoms. The first kappa shape index (κ1) is 25.8. The summed E-state index contributed by atoms with van der Waals surface area (Å²) < 4.78 is 11.8. The number of nitrogens with zero attached hydrogens (tertiary/aromatic N) is 2. The molecule has 7 heteroatoms. The van der Waals surface area contributed by atoms with Crippen molar-refractivity contribution in [3.8, 4) is 5.75 Å². The summed E-state index contributed by atoms with van der Waals surface area (Å²) >= 11 is 0. The summed E-state index contributed by atoms with van der Waals surface area (Å²) in [6.07, 6.45) is 3.20. The van der Waals surface area contributed by atoms with Crippen molar-refractivity contribution in [1.82, 2.24) is 0 Å². The Balaban J connectivity index is 1.33. The largest absolute Gasteiger partial charge is 0.495 e. The van der Waals surface area contributed by atoms with Gasteiger partial charge in [-0.25, -0.2) is 9.69 Å². The highest BCUT2D eigenvalue weighted by Crippen LogP contribution is 2.50. The lowest BCUT2D eigenvalue weighted by Crippen LogP contribution is -2.49. The van der Waals surface area contributed by atoms with Gasteiger partial charge in [-0.15, -0.1) is 0 Å². The van der Waals surface area contributed by atoms with Crippen LogP contribution in [0.4, 0.5) is 11.4 Å². The first-order valence-electron chi connectivity index (χ1n) is 14.0. The smallest absolute Gasteiger partial charge is 0.330 e. The number of amides is 2. The molecule has 3 heterocycles. The molecule has 42 heavy (non-hydrogen) atoms. The van der Waals surface area contributed by atoms with E-state index < -0.39 is 41.9 Å². The van der Waals surface area contributed by atoms with Crippen LogP contribution in [-0.2, 0) is 19.1 Å². The molecule has 3 aliphatic heterocycles. The summed E-state index contributed by atoms with van der Waals surface area (Å²) in [6, 6.07) is 32.2. The third-order valence-electron chi connectivity index (χ3n) is 8.42. The fraction of sp³-hybridized carbons (Fsp3) is 0.171. The van der Waals surface area contributed by atoms with E-state index in [2.05, 4.69) is 0 Å². The van der Waals surface area contributed by atoms with Gasteiger partial charge in [0.15, 0.2) is 6.10 Å². The molecule has 2 saturated heterocycles. The molecule has 7 nitrogen and oxygen atoms in total. The standard InChI is InChI=1S/C35H28N2O5/c1-41-28-19-11-10-18-26(28)37-33(38)29-27-21-20-22-12-8-9-17-25(22)36(27)31(30(29)34(37)39)35(40)42-32(23-13-4-2-5-14-23)24-15-6-3-7-16-24/h2-21,27,29-32H,1H3/t27-,29-,30+,31-/m0/s1. The predicted molar refractivity (Wildman–Crippen MR) is 159 cm³/mol. The van der Waals surface area contributed by atoms with Crippen LogP contribution in [0.5, 0.6) is 5.75 Å². The topological polar surface area (TPSA) is 76.2 Å². The van der Waals surface area contributed by atoms with Gasteiger partial charge in [-0.3, -0.25) is 9.59 Å². The van der Waals surface area contributed by atoms with Crippen LogP contribution in [0, 0.1) is 11.8 Å². The van der Waals surface area contributed by atoms with Crippen LogP contribution in [-0.4, -0.2) is 37.0 Å². The molecule has 0 aromatic heterocycles. The minimum atomic E-state index is -1.02. The quantitative estimate of drug-likeness (QED) is 0.233. The number of anilines is 2. The van der Waals surface area contributed by atoms with Crippen LogP contribution < -0.4 is 14.5 Å². The highest BCUT2D eigenvalue weighted by Gasteiger charge is 2.65. The summed E-state index contributed by atoms with van der Waals surface area (Å²) in [5.41, 5.74) is 3.70. The van der Waals surface area contributed by atoms with Crippen LogP contribution >= 0.6 is 0 Å². The molecule has 2 fully saturated rings. The fourth-order valence-corrected chi connectivity index (χ4v) is 6.61. The van der Waals surface area contributed by atoms with Crippen LogP contribution in [0.2, 0.25) is 0 Å². The number of benzene rings is 4. The lowest BCUT2D eigenvalue weighted by Gasteiger charge is -2.36. The Bertz CT molecular complexity index is 1660. The van der Waals surface area contributed by atoms with Crippen molar-refractivity contribution in [3.63, 3.8) is 0 Å². The molecule has 0 N–H and O–H groups in total. The average molecular weight is 557 g/mol. The highest BCUT2D eigenvalue weighted by atomic mass is 16.5. The predicted octanol–water partition coefficient (Wildman–Crippen LogP) is 5.42. The zero-order valence-corrected chi connectivity index (χ0v) is 22.9. The number of hydrogen-bond acceptors (Lipinski definition) is 6. The number of rotatable bonds is 6. The van der Waals surface area contributed by atoms with Gasteiger partial charge in [0.05, 0.1) is 30.7 Å². The van der Waals surface area contributed by atoms with E-state index in [0.717, 1.165) is 22.4 Å². The second kappa shape index (κ2) is 10.3. The van der Waals surface area contributed by atoms with E-state index in [4.69, 9.17) is 9.47 Å². The first-order valence-corrected chi connectivity index (χ1v) is 14.0. The Hall–Kier alpha value is -5.17. The molecule has 208 valence electrons. The maximum absolute atomic E-state index is 14.4. The third kappa shape index (κ3) is 4.00. The van der Waals surface area contributed by atoms with Crippen LogP contribution in [0.3, 0.4) is 0 Å². The number of methoxy groups -OCH3 is 1. The average Bonchev–Trinajstić information content (AvgIpc) is 3.52. The fourth-order valence-electron chi connectivity index (χ4n) is 6.61. The second-order valence-corrected chi connectivity index (χ2v) is 10.6. The SMILES string of the molecule is COc1ccccc1N1C(=O)[C@@H]2[C@@H](C1=O)[C@@H]1C=Cc3ccccc3N1[C@@H]2C(=O)OC(c1ccccc1)c1ccccc1. The van der Waals surface area contributed by atoms with Gasteiger partial charge in [0, 0.05) is 5.69 Å². The maximum atomic E-state index is 14.4. The van der Waals surface area contributed by atoms with E-state index in [9.17, 15) is 14.4 Å². The molecule has 0 radical (unpaired) electrons. The van der Waals surface area contributed by atoms with Crippen molar-refractivity contribution in [2.75, 3.05) is 16.9 Å². The minimum Gasteiger partial charge on any atom is -0.495 e. The number of hydrogen-bond donors (Lipinski definition) is 0. The van der Waals surface area contributed by atoms with Gasteiger partial charge in [0.1, 0.15) is 11.8 Å². The summed E-state index contributed by atoms with van der Waals surface area (Å²) in [6.45, 7) is 0. The van der Waals surface area contributed by atoms with Crippen molar-refractivity contribution in [1.29, 1.82) is 0 Å². The Labute approximate surface area is 243 Å². The third-order valence-corrected chi connectivity index (χ3v) is 8.42. The zero-order chi connectivity index (χ0) is 28.8. The van der Waals surface area contributed by atoms with Crippen molar-refractivity contribution in [2.45, 2.75) is 18.2 Å². The van der Waals surface area contributed by atoms with E-state index in [1.54, 1.807) is 24.3 Å². The molecule has 4 atom stereocenters. The zero-order valence-electron chi connectivity index (χ0n) is 22.9. The Morgan fingerprint density at radius 3 is 1.95 bits per heavy atom. The Morgan fingerprint density at radius 2 is 1.29 bits per heavy atom.